The van der Waals surface area contributed by atoms with E-state index in [1.807, 2.05) is 6.07 Å². The second kappa shape index (κ2) is 6.65. The van der Waals surface area contributed by atoms with Crippen LogP contribution >= 0.6 is 0 Å². The van der Waals surface area contributed by atoms with Gasteiger partial charge in [0.2, 0.25) is 0 Å². The summed E-state index contributed by atoms with van der Waals surface area (Å²) >= 11 is 0. The van der Waals surface area contributed by atoms with E-state index in [0.717, 1.165) is 5.69 Å². The number of ketones is 1. The number of Topliss-reactive ketones (excluding diaryl/α,β-unsaturated/α-hetero) is 1. The molecule has 2 rings (SSSR count). The number of ether oxygens (including phenoxy) is 1. The molecule has 2 aromatic rings. The number of hydrogen-bond donors (Lipinski definition) is 1. The first kappa shape index (κ1) is 14.7. The SMILES string of the molecule is CCOC(=O)c1cncc(Nc2cccc(C(C)=O)c2)c1. The Bertz CT molecular complexity index is 668. The standard InChI is InChI=1S/C16H16N2O3/c1-3-21-16(20)13-8-15(10-17-9-13)18-14-6-4-5-12(7-14)11(2)19/h4-10,18H,3H2,1-2H3. The van der Waals surface area contributed by atoms with Gasteiger partial charge in [0.1, 0.15) is 0 Å². The van der Waals surface area contributed by atoms with Crippen LogP contribution in [0.5, 0.6) is 0 Å². The molecule has 0 radical (unpaired) electrons. The second-order valence-corrected chi connectivity index (χ2v) is 4.44. The van der Waals surface area contributed by atoms with Gasteiger partial charge in [0.15, 0.2) is 5.78 Å². The van der Waals surface area contributed by atoms with Crippen LogP contribution in [0.25, 0.3) is 0 Å². The average molecular weight is 284 g/mol. The van der Waals surface area contributed by atoms with Gasteiger partial charge in [-0.15, -0.1) is 0 Å². The molecule has 0 fully saturated rings. The fourth-order valence-corrected chi connectivity index (χ4v) is 1.82. The van der Waals surface area contributed by atoms with Crippen LogP contribution in [0.1, 0.15) is 34.6 Å². The van der Waals surface area contributed by atoms with Gasteiger partial charge in [-0.3, -0.25) is 9.78 Å². The zero-order valence-corrected chi connectivity index (χ0v) is 11.9. The molecule has 0 unspecified atom stereocenters. The topological polar surface area (TPSA) is 68.3 Å². The molecular formula is C16H16N2O3. The van der Waals surface area contributed by atoms with E-state index in [9.17, 15) is 9.59 Å². The number of carbonyl (C=O) groups excluding carboxylic acids is 2. The van der Waals surface area contributed by atoms with Crippen molar-refractivity contribution in [1.82, 2.24) is 4.98 Å². The molecule has 0 atom stereocenters. The largest absolute Gasteiger partial charge is 0.462 e. The highest BCUT2D eigenvalue weighted by Crippen LogP contribution is 2.18. The lowest BCUT2D eigenvalue weighted by atomic mass is 10.1. The first-order valence-electron chi connectivity index (χ1n) is 6.60. The molecule has 108 valence electrons. The Morgan fingerprint density at radius 2 is 1.90 bits per heavy atom. The molecule has 1 N–H and O–H groups in total. The van der Waals surface area contributed by atoms with E-state index < -0.39 is 5.97 Å². The Morgan fingerprint density at radius 3 is 2.62 bits per heavy atom. The number of nitrogens with zero attached hydrogens (tertiary/aromatic N) is 1. The highest BCUT2D eigenvalue weighted by molar-refractivity contribution is 5.95. The summed E-state index contributed by atoms with van der Waals surface area (Å²) in [6.45, 7) is 3.58. The van der Waals surface area contributed by atoms with Crippen LogP contribution in [0.3, 0.4) is 0 Å². The Hall–Kier alpha value is -2.69. The Labute approximate surface area is 123 Å². The van der Waals surface area contributed by atoms with E-state index in [2.05, 4.69) is 10.3 Å². The minimum atomic E-state index is -0.411. The van der Waals surface area contributed by atoms with Gasteiger partial charge < -0.3 is 10.1 Å². The molecule has 5 heteroatoms. The lowest BCUT2D eigenvalue weighted by Gasteiger charge is -2.08. The van der Waals surface area contributed by atoms with Gasteiger partial charge in [-0.25, -0.2) is 4.79 Å². The van der Waals surface area contributed by atoms with Gasteiger partial charge in [-0.05, 0) is 32.0 Å². The lowest BCUT2D eigenvalue weighted by molar-refractivity contribution is 0.0526. The molecule has 1 aromatic heterocycles. The Balaban J connectivity index is 2.20. The molecular weight excluding hydrogens is 268 g/mol. The molecule has 1 aromatic carbocycles. The number of anilines is 2. The van der Waals surface area contributed by atoms with Crippen molar-refractivity contribution < 1.29 is 14.3 Å². The summed E-state index contributed by atoms with van der Waals surface area (Å²) in [5.41, 5.74) is 2.41. The van der Waals surface area contributed by atoms with E-state index in [0.29, 0.717) is 23.4 Å². The smallest absolute Gasteiger partial charge is 0.339 e. The summed E-state index contributed by atoms with van der Waals surface area (Å²) in [6, 6.07) is 8.79. The van der Waals surface area contributed by atoms with Crippen molar-refractivity contribution in [2.75, 3.05) is 11.9 Å². The number of aromatic nitrogens is 1. The first-order chi connectivity index (χ1) is 10.1. The zero-order valence-electron chi connectivity index (χ0n) is 11.9. The maximum absolute atomic E-state index is 11.7. The zero-order chi connectivity index (χ0) is 15.2. The van der Waals surface area contributed by atoms with Gasteiger partial charge >= 0.3 is 5.97 Å². The van der Waals surface area contributed by atoms with Crippen LogP contribution in [-0.2, 0) is 4.74 Å². The van der Waals surface area contributed by atoms with Gasteiger partial charge in [-0.2, -0.15) is 0 Å². The third-order valence-electron chi connectivity index (χ3n) is 2.81. The molecule has 0 saturated carbocycles. The number of rotatable bonds is 5. The number of hydrogen-bond acceptors (Lipinski definition) is 5. The molecule has 0 aliphatic heterocycles. The Morgan fingerprint density at radius 1 is 1.14 bits per heavy atom. The van der Waals surface area contributed by atoms with Crippen molar-refractivity contribution in [3.05, 3.63) is 53.9 Å². The average Bonchev–Trinajstić information content (AvgIpc) is 2.48. The fraction of sp³-hybridized carbons (Fsp3) is 0.188. The molecule has 1 heterocycles. The van der Waals surface area contributed by atoms with Crippen LogP contribution in [0.4, 0.5) is 11.4 Å². The van der Waals surface area contributed by atoms with Crippen LogP contribution in [0, 0.1) is 0 Å². The summed E-state index contributed by atoms with van der Waals surface area (Å²) in [6.07, 6.45) is 3.05. The molecule has 0 aliphatic carbocycles. The quantitative estimate of drug-likeness (QED) is 0.674. The van der Waals surface area contributed by atoms with Gasteiger partial charge in [-0.1, -0.05) is 12.1 Å². The summed E-state index contributed by atoms with van der Waals surface area (Å²) < 4.78 is 4.93. The summed E-state index contributed by atoms with van der Waals surface area (Å²) in [5, 5.41) is 3.11. The van der Waals surface area contributed by atoms with E-state index in [-0.39, 0.29) is 5.78 Å². The van der Waals surface area contributed by atoms with Crippen LogP contribution in [-0.4, -0.2) is 23.3 Å². The molecule has 0 spiro atoms. The highest BCUT2D eigenvalue weighted by Gasteiger charge is 2.08. The molecule has 0 aliphatic rings. The highest BCUT2D eigenvalue weighted by atomic mass is 16.5. The summed E-state index contributed by atoms with van der Waals surface area (Å²) in [5.74, 6) is -0.414. The number of benzene rings is 1. The number of carbonyl (C=O) groups is 2. The summed E-state index contributed by atoms with van der Waals surface area (Å²) in [7, 11) is 0. The van der Waals surface area contributed by atoms with Gasteiger partial charge in [0.25, 0.3) is 0 Å². The van der Waals surface area contributed by atoms with Crippen LogP contribution < -0.4 is 5.32 Å². The van der Waals surface area contributed by atoms with Crippen molar-refractivity contribution >= 4 is 23.1 Å². The van der Waals surface area contributed by atoms with Crippen LogP contribution in [0.15, 0.2) is 42.7 Å². The third kappa shape index (κ3) is 3.89. The normalized spacial score (nSPS) is 10.0. The predicted octanol–water partition coefficient (Wildman–Crippen LogP) is 3.20. The fourth-order valence-electron chi connectivity index (χ4n) is 1.82. The molecule has 0 bridgehead atoms. The lowest BCUT2D eigenvalue weighted by Crippen LogP contribution is -2.05. The number of pyridine rings is 1. The first-order valence-corrected chi connectivity index (χ1v) is 6.60. The third-order valence-corrected chi connectivity index (χ3v) is 2.81. The number of nitrogens with one attached hydrogen (secondary N) is 1. The van der Waals surface area contributed by atoms with Crippen molar-refractivity contribution in [2.45, 2.75) is 13.8 Å². The molecule has 0 amide bonds. The molecule has 21 heavy (non-hydrogen) atoms. The predicted molar refractivity (Wildman–Crippen MR) is 79.9 cm³/mol. The van der Waals surface area contributed by atoms with Crippen molar-refractivity contribution in [2.24, 2.45) is 0 Å². The summed E-state index contributed by atoms with van der Waals surface area (Å²) in [4.78, 5) is 27.0. The molecule has 0 saturated heterocycles. The van der Waals surface area contributed by atoms with E-state index in [1.54, 1.807) is 37.4 Å². The minimum absolute atomic E-state index is 0.00273. The van der Waals surface area contributed by atoms with E-state index in [4.69, 9.17) is 4.74 Å². The van der Waals surface area contributed by atoms with E-state index >= 15 is 0 Å². The van der Waals surface area contributed by atoms with Gasteiger partial charge in [0.05, 0.1) is 24.1 Å². The molecule has 5 nitrogen and oxygen atoms in total. The van der Waals surface area contributed by atoms with Gasteiger partial charge in [0, 0.05) is 17.4 Å². The second-order valence-electron chi connectivity index (χ2n) is 4.44. The minimum Gasteiger partial charge on any atom is -0.462 e. The number of esters is 1. The van der Waals surface area contributed by atoms with Crippen molar-refractivity contribution in [1.29, 1.82) is 0 Å². The maximum atomic E-state index is 11.7. The van der Waals surface area contributed by atoms with Crippen LogP contribution in [0.2, 0.25) is 0 Å². The van der Waals surface area contributed by atoms with Crippen molar-refractivity contribution in [3.63, 3.8) is 0 Å². The Kier molecular flexibility index (Phi) is 4.66. The van der Waals surface area contributed by atoms with Crippen molar-refractivity contribution in [3.8, 4) is 0 Å². The monoisotopic (exact) mass is 284 g/mol. The van der Waals surface area contributed by atoms with E-state index in [1.165, 1.54) is 13.1 Å². The maximum Gasteiger partial charge on any atom is 0.339 e.